The van der Waals surface area contributed by atoms with Gasteiger partial charge in [0, 0.05) is 16.0 Å². The Bertz CT molecular complexity index is 412. The van der Waals surface area contributed by atoms with Crippen molar-refractivity contribution in [1.82, 2.24) is 0 Å². The molecule has 0 aromatic heterocycles. The molecule has 1 aliphatic carbocycles. The van der Waals surface area contributed by atoms with Crippen molar-refractivity contribution in [1.29, 1.82) is 0 Å². The minimum atomic E-state index is 0.717. The fraction of sp³-hybridized carbons (Fsp3) is 0.417. The second kappa shape index (κ2) is 4.30. The zero-order chi connectivity index (χ0) is 11.0. The van der Waals surface area contributed by atoms with E-state index in [1.807, 2.05) is 36.0 Å². The Balaban J connectivity index is 1.60. The first kappa shape index (κ1) is 10.5. The van der Waals surface area contributed by atoms with E-state index in [4.69, 9.17) is 11.6 Å². The first-order valence-electron chi connectivity index (χ1n) is 5.55. The molecule has 1 aromatic rings. The average molecular weight is 253 g/mol. The molecule has 1 aromatic carbocycles. The van der Waals surface area contributed by atoms with Crippen LogP contribution in [0.1, 0.15) is 12.8 Å². The van der Waals surface area contributed by atoms with Gasteiger partial charge in [-0.15, -0.1) is 0 Å². The number of thioether (sulfide) groups is 1. The Morgan fingerprint density at radius 2 is 2.00 bits per heavy atom. The summed E-state index contributed by atoms with van der Waals surface area (Å²) in [5.41, 5.74) is 1.06. The lowest BCUT2D eigenvalue weighted by Gasteiger charge is -2.07. The summed E-state index contributed by atoms with van der Waals surface area (Å²) in [6, 6.07) is 7.75. The first-order valence-corrected chi connectivity index (χ1v) is 6.81. The van der Waals surface area contributed by atoms with Crippen LogP contribution in [0.25, 0.3) is 0 Å². The average Bonchev–Trinajstić information content (AvgIpc) is 3.04. The Labute approximate surface area is 104 Å². The maximum atomic E-state index is 5.84. The molecule has 1 saturated carbocycles. The number of benzene rings is 1. The summed E-state index contributed by atoms with van der Waals surface area (Å²) in [5, 5.41) is 5.87. The molecule has 1 atom stereocenters. The van der Waals surface area contributed by atoms with E-state index < -0.39 is 0 Å². The molecule has 0 radical (unpaired) electrons. The van der Waals surface area contributed by atoms with E-state index in [1.54, 1.807) is 0 Å². The number of amidine groups is 1. The standard InChI is InChI=1S/C12H13ClN2S/c13-9-3-5-10(6-4-9)15-12-14-7-11(16-12)8-1-2-8/h3-6,8,11H,1-2,7H2,(H,14,15). The van der Waals surface area contributed by atoms with E-state index in [0.717, 1.165) is 33.6 Å². The topological polar surface area (TPSA) is 24.4 Å². The molecular formula is C12H13ClN2S. The van der Waals surface area contributed by atoms with Gasteiger partial charge in [-0.3, -0.25) is 4.99 Å². The van der Waals surface area contributed by atoms with E-state index in [2.05, 4.69) is 10.3 Å². The molecule has 1 fully saturated rings. The molecule has 1 unspecified atom stereocenters. The summed E-state index contributed by atoms with van der Waals surface area (Å²) in [7, 11) is 0. The molecule has 0 amide bonds. The van der Waals surface area contributed by atoms with Crippen molar-refractivity contribution in [2.75, 3.05) is 11.9 Å². The zero-order valence-electron chi connectivity index (χ0n) is 8.82. The number of halogens is 1. The SMILES string of the molecule is Clc1ccc(NC2=NCC(C3CC3)S2)cc1. The van der Waals surface area contributed by atoms with Gasteiger partial charge in [0.15, 0.2) is 5.17 Å². The second-order valence-electron chi connectivity index (χ2n) is 4.27. The molecule has 1 aliphatic heterocycles. The van der Waals surface area contributed by atoms with Crippen molar-refractivity contribution >= 4 is 34.2 Å². The molecule has 4 heteroatoms. The monoisotopic (exact) mass is 252 g/mol. The van der Waals surface area contributed by atoms with Crippen molar-refractivity contribution in [3.8, 4) is 0 Å². The molecular weight excluding hydrogens is 240 g/mol. The molecule has 0 saturated heterocycles. The highest BCUT2D eigenvalue weighted by atomic mass is 35.5. The summed E-state index contributed by atoms with van der Waals surface area (Å²) >= 11 is 7.72. The minimum absolute atomic E-state index is 0.717. The summed E-state index contributed by atoms with van der Waals surface area (Å²) in [4.78, 5) is 4.53. The molecule has 2 nitrogen and oxygen atoms in total. The number of aliphatic imine (C=N–C) groups is 1. The van der Waals surface area contributed by atoms with Crippen molar-refractivity contribution < 1.29 is 0 Å². The van der Waals surface area contributed by atoms with Crippen LogP contribution < -0.4 is 5.32 Å². The van der Waals surface area contributed by atoms with E-state index in [-0.39, 0.29) is 0 Å². The number of nitrogens with one attached hydrogen (secondary N) is 1. The third-order valence-corrected chi connectivity index (χ3v) is 4.46. The van der Waals surface area contributed by atoms with Crippen LogP contribution >= 0.6 is 23.4 Å². The van der Waals surface area contributed by atoms with Gasteiger partial charge in [-0.2, -0.15) is 0 Å². The van der Waals surface area contributed by atoms with Gasteiger partial charge in [0.05, 0.1) is 6.54 Å². The van der Waals surface area contributed by atoms with Gasteiger partial charge >= 0.3 is 0 Å². The molecule has 0 spiro atoms. The second-order valence-corrected chi connectivity index (χ2v) is 5.94. The quantitative estimate of drug-likeness (QED) is 0.869. The molecule has 16 heavy (non-hydrogen) atoms. The predicted octanol–water partition coefficient (Wildman–Crippen LogP) is 3.63. The lowest BCUT2D eigenvalue weighted by atomic mass is 10.3. The van der Waals surface area contributed by atoms with Crippen LogP contribution in [0.4, 0.5) is 5.69 Å². The van der Waals surface area contributed by atoms with Crippen molar-refractivity contribution in [3.05, 3.63) is 29.3 Å². The van der Waals surface area contributed by atoms with Gasteiger partial charge in [0.2, 0.25) is 0 Å². The summed E-state index contributed by atoms with van der Waals surface area (Å²) < 4.78 is 0. The first-order chi connectivity index (χ1) is 7.81. The fourth-order valence-electron chi connectivity index (χ4n) is 1.83. The van der Waals surface area contributed by atoms with Crippen LogP contribution in [0.3, 0.4) is 0 Å². The van der Waals surface area contributed by atoms with Crippen LogP contribution in [0.2, 0.25) is 5.02 Å². The van der Waals surface area contributed by atoms with Crippen molar-refractivity contribution in [2.45, 2.75) is 18.1 Å². The Kier molecular flexibility index (Phi) is 2.82. The van der Waals surface area contributed by atoms with Gasteiger partial charge in [0.25, 0.3) is 0 Å². The molecule has 3 rings (SSSR count). The van der Waals surface area contributed by atoms with Crippen LogP contribution in [0, 0.1) is 5.92 Å². The van der Waals surface area contributed by atoms with Crippen molar-refractivity contribution in [3.63, 3.8) is 0 Å². The maximum Gasteiger partial charge on any atom is 0.161 e. The highest BCUT2D eigenvalue weighted by molar-refractivity contribution is 8.15. The number of anilines is 1. The molecule has 0 bridgehead atoms. The smallest absolute Gasteiger partial charge is 0.161 e. The van der Waals surface area contributed by atoms with E-state index in [9.17, 15) is 0 Å². The Morgan fingerprint density at radius 1 is 1.25 bits per heavy atom. The van der Waals surface area contributed by atoms with E-state index >= 15 is 0 Å². The predicted molar refractivity (Wildman–Crippen MR) is 71.5 cm³/mol. The van der Waals surface area contributed by atoms with Gasteiger partial charge in [-0.25, -0.2) is 0 Å². The molecule has 1 N–H and O–H groups in total. The highest BCUT2D eigenvalue weighted by Gasteiger charge is 2.35. The molecule has 2 aliphatic rings. The number of hydrogen-bond acceptors (Lipinski definition) is 3. The lowest BCUT2D eigenvalue weighted by molar-refractivity contribution is 0.773. The van der Waals surface area contributed by atoms with Crippen LogP contribution in [-0.4, -0.2) is 17.0 Å². The zero-order valence-corrected chi connectivity index (χ0v) is 10.4. The maximum absolute atomic E-state index is 5.84. The number of hydrogen-bond donors (Lipinski definition) is 1. The van der Waals surface area contributed by atoms with E-state index in [0.29, 0.717) is 0 Å². The third-order valence-electron chi connectivity index (χ3n) is 2.92. The van der Waals surface area contributed by atoms with Gasteiger partial charge in [0.1, 0.15) is 0 Å². The van der Waals surface area contributed by atoms with E-state index in [1.165, 1.54) is 12.8 Å². The highest BCUT2D eigenvalue weighted by Crippen LogP contribution is 2.41. The van der Waals surface area contributed by atoms with Crippen molar-refractivity contribution in [2.24, 2.45) is 10.9 Å². The van der Waals surface area contributed by atoms with Gasteiger partial charge in [-0.1, -0.05) is 23.4 Å². The normalized spacial score (nSPS) is 24.3. The number of nitrogens with zero attached hydrogens (tertiary/aromatic N) is 1. The van der Waals surface area contributed by atoms with Crippen LogP contribution in [0.15, 0.2) is 29.3 Å². The third kappa shape index (κ3) is 2.36. The van der Waals surface area contributed by atoms with Crippen LogP contribution in [0.5, 0.6) is 0 Å². The number of rotatable bonds is 2. The summed E-state index contributed by atoms with van der Waals surface area (Å²) in [6.07, 6.45) is 2.78. The lowest BCUT2D eigenvalue weighted by Crippen LogP contribution is -2.08. The minimum Gasteiger partial charge on any atom is -0.335 e. The Hall–Kier alpha value is -0.670. The fourth-order valence-corrected chi connectivity index (χ4v) is 3.18. The largest absolute Gasteiger partial charge is 0.335 e. The van der Waals surface area contributed by atoms with Gasteiger partial charge < -0.3 is 5.32 Å². The summed E-state index contributed by atoms with van der Waals surface area (Å²) in [6.45, 7) is 0.977. The van der Waals surface area contributed by atoms with Crippen LogP contribution in [-0.2, 0) is 0 Å². The molecule has 1 heterocycles. The van der Waals surface area contributed by atoms with Gasteiger partial charge in [-0.05, 0) is 43.0 Å². The Morgan fingerprint density at radius 3 is 2.69 bits per heavy atom. The summed E-state index contributed by atoms with van der Waals surface area (Å²) in [5.74, 6) is 0.915. The molecule has 84 valence electrons.